The van der Waals surface area contributed by atoms with Gasteiger partial charge in [0.25, 0.3) is 5.82 Å². The standard InChI is InChI=1S/C19H24F3N7O2/c1-8(2)14-16(30)26-13-9(3)23-18(27-15(13)29(14)4)24-11-5-10(6-11)7-12-25-17(28-31-12)19(20,21)22/h8,10-11,14H,5-7H2,1-4H3,(H,26,30)(H,23,24,27)/t10-,11+,14?. The molecule has 4 rings (SSSR count). The first-order valence-electron chi connectivity index (χ1n) is 10.1. The summed E-state index contributed by atoms with van der Waals surface area (Å²) in [6, 6.07) is -0.226. The maximum Gasteiger partial charge on any atom is 0.455 e. The van der Waals surface area contributed by atoms with E-state index in [1.165, 1.54) is 0 Å². The van der Waals surface area contributed by atoms with Gasteiger partial charge in [0.05, 0.1) is 5.69 Å². The second-order valence-electron chi connectivity index (χ2n) is 8.51. The number of anilines is 3. The largest absolute Gasteiger partial charge is 0.455 e. The number of nitrogens with zero attached hydrogens (tertiary/aromatic N) is 5. The molecule has 1 aliphatic carbocycles. The number of aryl methyl sites for hydroxylation is 1. The minimum atomic E-state index is -4.60. The van der Waals surface area contributed by atoms with Gasteiger partial charge >= 0.3 is 6.18 Å². The van der Waals surface area contributed by atoms with Crippen LogP contribution in [-0.4, -0.2) is 45.1 Å². The summed E-state index contributed by atoms with van der Waals surface area (Å²) in [5, 5.41) is 9.18. The molecule has 0 spiro atoms. The normalized spacial score (nSPS) is 23.4. The monoisotopic (exact) mass is 439 g/mol. The quantitative estimate of drug-likeness (QED) is 0.732. The summed E-state index contributed by atoms with van der Waals surface area (Å²) in [5.41, 5.74) is 1.27. The van der Waals surface area contributed by atoms with Gasteiger partial charge in [-0.2, -0.15) is 23.1 Å². The number of nitrogens with one attached hydrogen (secondary N) is 2. The van der Waals surface area contributed by atoms with Gasteiger partial charge in [-0.1, -0.05) is 19.0 Å². The lowest BCUT2D eigenvalue weighted by molar-refractivity contribution is -0.146. The van der Waals surface area contributed by atoms with Gasteiger partial charge in [-0.3, -0.25) is 4.79 Å². The van der Waals surface area contributed by atoms with Crippen molar-refractivity contribution < 1.29 is 22.5 Å². The van der Waals surface area contributed by atoms with E-state index in [4.69, 9.17) is 4.52 Å². The molecule has 1 aliphatic heterocycles. The first-order valence-corrected chi connectivity index (χ1v) is 10.1. The maximum atomic E-state index is 12.6. The number of aromatic nitrogens is 4. The van der Waals surface area contributed by atoms with Crippen molar-refractivity contribution in [1.82, 2.24) is 20.1 Å². The fraction of sp³-hybridized carbons (Fsp3) is 0.632. The number of fused-ring (bicyclic) bond motifs is 1. The highest BCUT2D eigenvalue weighted by molar-refractivity contribution is 6.03. The molecule has 0 aromatic carbocycles. The third-order valence-corrected chi connectivity index (χ3v) is 5.72. The molecule has 2 N–H and O–H groups in total. The molecular weight excluding hydrogens is 415 g/mol. The van der Waals surface area contributed by atoms with Crippen molar-refractivity contribution >= 4 is 23.4 Å². The van der Waals surface area contributed by atoms with Crippen molar-refractivity contribution in [3.8, 4) is 0 Å². The second-order valence-corrected chi connectivity index (χ2v) is 8.51. The zero-order valence-corrected chi connectivity index (χ0v) is 17.6. The molecular formula is C19H24F3N7O2. The molecule has 12 heteroatoms. The van der Waals surface area contributed by atoms with Crippen LogP contribution in [0.15, 0.2) is 4.52 Å². The molecule has 3 heterocycles. The molecule has 9 nitrogen and oxygen atoms in total. The molecule has 1 atom stereocenters. The highest BCUT2D eigenvalue weighted by atomic mass is 19.4. The van der Waals surface area contributed by atoms with E-state index in [0.29, 0.717) is 29.6 Å². The summed E-state index contributed by atoms with van der Waals surface area (Å²) in [6.45, 7) is 5.77. The molecule has 0 bridgehead atoms. The first kappa shape index (κ1) is 21.3. The molecule has 1 fully saturated rings. The van der Waals surface area contributed by atoms with E-state index in [2.05, 4.69) is 30.7 Å². The number of rotatable bonds is 5. The number of hydrogen-bond acceptors (Lipinski definition) is 8. The van der Waals surface area contributed by atoms with Crippen LogP contribution in [0.3, 0.4) is 0 Å². The van der Waals surface area contributed by atoms with E-state index in [-0.39, 0.29) is 35.7 Å². The van der Waals surface area contributed by atoms with Crippen LogP contribution in [0.25, 0.3) is 0 Å². The van der Waals surface area contributed by atoms with Crippen LogP contribution in [-0.2, 0) is 17.4 Å². The SMILES string of the molecule is Cc1nc(N[C@H]2C[C@@H](Cc3nc(C(F)(F)F)no3)C2)nc2c1NC(=O)C(C(C)C)N2C. The second kappa shape index (κ2) is 7.65. The smallest absolute Gasteiger partial charge is 0.351 e. The van der Waals surface area contributed by atoms with E-state index in [0.717, 1.165) is 12.8 Å². The molecule has 168 valence electrons. The summed E-state index contributed by atoms with van der Waals surface area (Å²) < 4.78 is 42.4. The Morgan fingerprint density at radius 3 is 2.58 bits per heavy atom. The number of halogens is 3. The molecule has 31 heavy (non-hydrogen) atoms. The maximum absolute atomic E-state index is 12.6. The summed E-state index contributed by atoms with van der Waals surface area (Å²) in [7, 11) is 1.84. The van der Waals surface area contributed by atoms with Crippen LogP contribution in [0.4, 0.5) is 30.6 Å². The molecule has 2 aromatic heterocycles. The fourth-order valence-corrected chi connectivity index (χ4v) is 4.18. The zero-order chi connectivity index (χ0) is 22.5. The highest BCUT2D eigenvalue weighted by Gasteiger charge is 2.39. The van der Waals surface area contributed by atoms with Crippen molar-refractivity contribution in [2.75, 3.05) is 22.6 Å². The minimum absolute atomic E-state index is 0.00579. The first-order chi connectivity index (χ1) is 14.5. The zero-order valence-electron chi connectivity index (χ0n) is 17.6. The molecule has 1 unspecified atom stereocenters. The lowest BCUT2D eigenvalue weighted by atomic mass is 9.78. The van der Waals surface area contributed by atoms with E-state index in [1.54, 1.807) is 0 Å². The number of likely N-dealkylation sites (N-methyl/N-ethyl adjacent to an activating group) is 1. The Bertz CT molecular complexity index is 985. The van der Waals surface area contributed by atoms with Crippen LogP contribution in [0.5, 0.6) is 0 Å². The predicted octanol–water partition coefficient (Wildman–Crippen LogP) is 3.03. The van der Waals surface area contributed by atoms with E-state index >= 15 is 0 Å². The summed E-state index contributed by atoms with van der Waals surface area (Å²) >= 11 is 0. The van der Waals surface area contributed by atoms with Gasteiger partial charge in [0, 0.05) is 19.5 Å². The lowest BCUT2D eigenvalue weighted by Gasteiger charge is -2.38. The number of carbonyl (C=O) groups is 1. The number of amides is 1. The highest BCUT2D eigenvalue weighted by Crippen LogP contribution is 2.36. The Labute approximate surface area is 176 Å². The average Bonchev–Trinajstić information content (AvgIpc) is 3.10. The predicted molar refractivity (Wildman–Crippen MR) is 106 cm³/mol. The Hall–Kier alpha value is -2.92. The molecule has 0 saturated heterocycles. The third-order valence-electron chi connectivity index (χ3n) is 5.72. The summed E-state index contributed by atoms with van der Waals surface area (Å²) in [5.74, 6) is 0.0509. The van der Waals surface area contributed by atoms with Crippen LogP contribution >= 0.6 is 0 Å². The minimum Gasteiger partial charge on any atom is -0.351 e. The Morgan fingerprint density at radius 2 is 1.97 bits per heavy atom. The van der Waals surface area contributed by atoms with E-state index < -0.39 is 12.0 Å². The number of hydrogen-bond donors (Lipinski definition) is 2. The molecule has 2 aromatic rings. The number of carbonyl (C=O) groups excluding carboxylic acids is 1. The van der Waals surface area contributed by atoms with Crippen LogP contribution in [0, 0.1) is 18.8 Å². The Kier molecular flexibility index (Phi) is 5.26. The van der Waals surface area contributed by atoms with Crippen molar-refractivity contribution in [1.29, 1.82) is 0 Å². The van der Waals surface area contributed by atoms with E-state index in [9.17, 15) is 18.0 Å². The third kappa shape index (κ3) is 4.15. The molecule has 1 amide bonds. The van der Waals surface area contributed by atoms with Gasteiger partial charge in [0.1, 0.15) is 11.7 Å². The van der Waals surface area contributed by atoms with Crippen molar-refractivity contribution in [3.05, 3.63) is 17.4 Å². The van der Waals surface area contributed by atoms with Crippen molar-refractivity contribution in [2.45, 2.75) is 58.3 Å². The van der Waals surface area contributed by atoms with Crippen molar-refractivity contribution in [3.63, 3.8) is 0 Å². The van der Waals surface area contributed by atoms with Crippen LogP contribution in [0.1, 0.15) is 44.1 Å². The summed E-state index contributed by atoms with van der Waals surface area (Å²) in [4.78, 5) is 26.8. The fourth-order valence-electron chi connectivity index (χ4n) is 4.18. The van der Waals surface area contributed by atoms with Gasteiger partial charge in [0.15, 0.2) is 5.82 Å². The Morgan fingerprint density at radius 1 is 1.26 bits per heavy atom. The van der Waals surface area contributed by atoms with Gasteiger partial charge < -0.3 is 20.1 Å². The van der Waals surface area contributed by atoms with Gasteiger partial charge in [0.2, 0.25) is 17.7 Å². The average molecular weight is 439 g/mol. The van der Waals surface area contributed by atoms with Crippen LogP contribution < -0.4 is 15.5 Å². The van der Waals surface area contributed by atoms with Crippen LogP contribution in [0.2, 0.25) is 0 Å². The molecule has 0 radical (unpaired) electrons. The molecule has 1 saturated carbocycles. The Balaban J connectivity index is 1.39. The number of alkyl halides is 3. The van der Waals surface area contributed by atoms with E-state index in [1.807, 2.05) is 32.7 Å². The topological polar surface area (TPSA) is 109 Å². The van der Waals surface area contributed by atoms with Crippen molar-refractivity contribution in [2.24, 2.45) is 11.8 Å². The van der Waals surface area contributed by atoms with Gasteiger partial charge in [-0.25, -0.2) is 4.98 Å². The van der Waals surface area contributed by atoms with Gasteiger partial charge in [-0.05, 0) is 31.6 Å². The lowest BCUT2D eigenvalue weighted by Crippen LogP contribution is -2.50. The molecule has 2 aliphatic rings. The summed E-state index contributed by atoms with van der Waals surface area (Å²) in [6.07, 6.45) is -2.85. The van der Waals surface area contributed by atoms with Gasteiger partial charge in [-0.15, -0.1) is 0 Å².